The number of carbonyl (C=O) groups excluding carboxylic acids is 2. The summed E-state index contributed by atoms with van der Waals surface area (Å²) in [7, 11) is 0.940. The minimum absolute atomic E-state index is 0.00709. The Bertz CT molecular complexity index is 1160. The van der Waals surface area contributed by atoms with Gasteiger partial charge in [-0.1, -0.05) is 81.3 Å². The Hall–Kier alpha value is -2.58. The molecule has 2 aromatic rings. The van der Waals surface area contributed by atoms with Crippen LogP contribution in [0.5, 0.6) is 0 Å². The fourth-order valence-corrected chi connectivity index (χ4v) is 6.09. The van der Waals surface area contributed by atoms with Crippen LogP contribution in [0.2, 0.25) is 5.02 Å². The normalized spacial score (nSPS) is 32.7. The van der Waals surface area contributed by atoms with Gasteiger partial charge < -0.3 is 9.47 Å². The number of alkyl halides is 3. The Morgan fingerprint density at radius 2 is 1.63 bits per heavy atom. The Labute approximate surface area is 226 Å². The third-order valence-corrected chi connectivity index (χ3v) is 8.36. The van der Waals surface area contributed by atoms with E-state index in [1.807, 2.05) is 20.8 Å². The Morgan fingerprint density at radius 1 is 1.00 bits per heavy atom. The van der Waals surface area contributed by atoms with Crippen LogP contribution in [0, 0.1) is 17.8 Å². The lowest BCUT2D eigenvalue weighted by Crippen LogP contribution is -2.62. The third kappa shape index (κ3) is 4.39. The monoisotopic (exact) mass is 551 g/mol. The molecule has 0 radical (unpaired) electrons. The van der Waals surface area contributed by atoms with Crippen molar-refractivity contribution in [3.05, 3.63) is 70.7 Å². The Balaban J connectivity index is 1.87. The van der Waals surface area contributed by atoms with Crippen molar-refractivity contribution in [2.45, 2.75) is 69.3 Å². The quantitative estimate of drug-likeness (QED) is 0.421. The van der Waals surface area contributed by atoms with Gasteiger partial charge in [-0.05, 0) is 53.9 Å². The van der Waals surface area contributed by atoms with Crippen LogP contribution in [0.4, 0.5) is 13.2 Å². The van der Waals surface area contributed by atoms with Crippen molar-refractivity contribution in [3.8, 4) is 0 Å². The van der Waals surface area contributed by atoms with Gasteiger partial charge in [0.25, 0.3) is 5.67 Å². The summed E-state index contributed by atoms with van der Waals surface area (Å²) < 4.78 is 61.2. The van der Waals surface area contributed by atoms with Crippen molar-refractivity contribution in [1.29, 1.82) is 0 Å². The Kier molecular flexibility index (Phi) is 7.88. The minimum Gasteiger partial charge on any atom is -0.467 e. The summed E-state index contributed by atoms with van der Waals surface area (Å²) in [5.74, 6) is -7.55. The molecule has 0 aromatic heterocycles. The molecule has 9 heteroatoms. The fourth-order valence-electron chi connectivity index (χ4n) is 5.96. The molecule has 0 spiro atoms. The maximum Gasteiger partial charge on any atom is 0.352 e. The van der Waals surface area contributed by atoms with Crippen LogP contribution in [0.25, 0.3) is 0 Å². The zero-order valence-corrected chi connectivity index (χ0v) is 22.6. The van der Waals surface area contributed by atoms with Crippen LogP contribution in [-0.2, 0) is 24.6 Å². The number of hydrogen-bond donors (Lipinski definition) is 1. The summed E-state index contributed by atoms with van der Waals surface area (Å²) in [5.41, 5.74) is -7.19. The van der Waals surface area contributed by atoms with Crippen molar-refractivity contribution in [2.75, 3.05) is 7.11 Å². The number of ether oxygens (including phenoxy) is 2. The third-order valence-electron chi connectivity index (χ3n) is 8.11. The molecule has 1 heterocycles. The molecule has 5 nitrogen and oxygen atoms in total. The summed E-state index contributed by atoms with van der Waals surface area (Å²) in [6.07, 6.45) is 1.35. The van der Waals surface area contributed by atoms with E-state index in [-0.39, 0.29) is 28.9 Å². The standard InChI is InChI=1S/C29H33ClF3NO4/c1-17(2)22-15-10-18(3)16-23(22)38-25(35)27(31)24(19-11-13-21(30)14-12-19)34-28(26(36)37-4,29(27,32)33)20-8-6-5-7-9-20/h5-9,11-14,17-18,22-24,34H,10,15-16H2,1-4H3/t18-,22+,23-,24+,27-,28-/m1/s1. The van der Waals surface area contributed by atoms with E-state index in [9.17, 15) is 9.59 Å². The molecule has 1 saturated carbocycles. The highest BCUT2D eigenvalue weighted by molar-refractivity contribution is 6.30. The summed E-state index contributed by atoms with van der Waals surface area (Å²) in [6.45, 7) is 5.92. The van der Waals surface area contributed by atoms with E-state index in [1.165, 1.54) is 48.5 Å². The highest BCUT2D eigenvalue weighted by atomic mass is 35.5. The average Bonchev–Trinajstić information content (AvgIpc) is 3.08. The van der Waals surface area contributed by atoms with E-state index in [4.69, 9.17) is 21.1 Å². The predicted molar refractivity (Wildman–Crippen MR) is 137 cm³/mol. The van der Waals surface area contributed by atoms with Gasteiger partial charge >= 0.3 is 17.9 Å². The second kappa shape index (κ2) is 10.5. The van der Waals surface area contributed by atoms with Gasteiger partial charge in [0, 0.05) is 5.02 Å². The van der Waals surface area contributed by atoms with Gasteiger partial charge in [0.05, 0.1) is 13.2 Å². The molecule has 206 valence electrons. The van der Waals surface area contributed by atoms with Gasteiger partial charge in [0.1, 0.15) is 6.10 Å². The lowest BCUT2D eigenvalue weighted by atomic mass is 9.75. The lowest BCUT2D eigenvalue weighted by molar-refractivity contribution is -0.209. The number of nitrogens with one attached hydrogen (secondary N) is 1. The van der Waals surface area contributed by atoms with Crippen LogP contribution in [0.15, 0.2) is 54.6 Å². The molecule has 2 aliphatic rings. The van der Waals surface area contributed by atoms with Gasteiger partial charge in [-0.3, -0.25) is 5.32 Å². The molecule has 4 rings (SSSR count). The molecule has 38 heavy (non-hydrogen) atoms. The van der Waals surface area contributed by atoms with Crippen LogP contribution in [-0.4, -0.2) is 36.7 Å². The molecule has 2 fully saturated rings. The topological polar surface area (TPSA) is 64.6 Å². The number of methoxy groups -OCH3 is 1. The zero-order chi connectivity index (χ0) is 27.9. The molecular weight excluding hydrogens is 519 g/mol. The highest BCUT2D eigenvalue weighted by Crippen LogP contribution is 2.59. The maximum absolute atomic E-state index is 17.3. The number of rotatable bonds is 6. The van der Waals surface area contributed by atoms with E-state index in [0.717, 1.165) is 20.0 Å². The SMILES string of the molecule is COC(=O)[C@@]1(c2ccccc2)N[C@@H](c2ccc(Cl)cc2)[C@@](F)(C(=O)O[C@@H]2C[C@H](C)CC[C@H]2C(C)C)C1(F)F. The second-order valence-electron chi connectivity index (χ2n) is 10.8. The van der Waals surface area contributed by atoms with Crippen molar-refractivity contribution in [3.63, 3.8) is 0 Å². The zero-order valence-electron chi connectivity index (χ0n) is 21.8. The van der Waals surface area contributed by atoms with Crippen molar-refractivity contribution < 1.29 is 32.2 Å². The summed E-state index contributed by atoms with van der Waals surface area (Å²) in [6, 6.07) is 10.6. The smallest absolute Gasteiger partial charge is 0.352 e. The molecular formula is C29H33ClF3NO4. The molecule has 2 aromatic carbocycles. The second-order valence-corrected chi connectivity index (χ2v) is 11.2. The number of carbonyl (C=O) groups is 2. The van der Waals surface area contributed by atoms with Gasteiger partial charge in [0.2, 0.25) is 5.54 Å². The molecule has 0 amide bonds. The van der Waals surface area contributed by atoms with Gasteiger partial charge in [0.15, 0.2) is 0 Å². The van der Waals surface area contributed by atoms with Crippen LogP contribution < -0.4 is 5.32 Å². The maximum atomic E-state index is 17.3. The van der Waals surface area contributed by atoms with E-state index in [1.54, 1.807) is 6.07 Å². The minimum atomic E-state index is -4.61. The first-order valence-corrected chi connectivity index (χ1v) is 13.2. The molecule has 1 aliphatic carbocycles. The van der Waals surface area contributed by atoms with E-state index < -0.39 is 41.2 Å². The Morgan fingerprint density at radius 3 is 2.21 bits per heavy atom. The number of halogens is 4. The molecule has 1 aliphatic heterocycles. The lowest BCUT2D eigenvalue weighted by Gasteiger charge is -2.39. The molecule has 6 atom stereocenters. The van der Waals surface area contributed by atoms with E-state index in [0.29, 0.717) is 11.4 Å². The highest BCUT2D eigenvalue weighted by Gasteiger charge is 2.84. The van der Waals surface area contributed by atoms with Crippen LogP contribution in [0.1, 0.15) is 57.2 Å². The number of benzene rings is 2. The average molecular weight is 552 g/mol. The first kappa shape index (κ1) is 28.4. The summed E-state index contributed by atoms with van der Waals surface area (Å²) in [5, 5.41) is 2.80. The van der Waals surface area contributed by atoms with Crippen LogP contribution >= 0.6 is 11.6 Å². The first-order valence-electron chi connectivity index (χ1n) is 12.8. The molecule has 0 unspecified atom stereocenters. The first-order chi connectivity index (χ1) is 17.9. The number of esters is 2. The van der Waals surface area contributed by atoms with Crippen molar-refractivity contribution >= 4 is 23.5 Å². The number of hydrogen-bond acceptors (Lipinski definition) is 5. The molecule has 0 bridgehead atoms. The van der Waals surface area contributed by atoms with Crippen molar-refractivity contribution in [1.82, 2.24) is 5.32 Å². The summed E-state index contributed by atoms with van der Waals surface area (Å²) in [4.78, 5) is 26.9. The van der Waals surface area contributed by atoms with E-state index in [2.05, 4.69) is 5.32 Å². The summed E-state index contributed by atoms with van der Waals surface area (Å²) >= 11 is 5.99. The van der Waals surface area contributed by atoms with Gasteiger partial charge in [-0.25, -0.2) is 14.0 Å². The van der Waals surface area contributed by atoms with Gasteiger partial charge in [-0.15, -0.1) is 0 Å². The van der Waals surface area contributed by atoms with E-state index >= 15 is 13.2 Å². The molecule has 1 N–H and O–H groups in total. The van der Waals surface area contributed by atoms with Crippen molar-refractivity contribution in [2.24, 2.45) is 17.8 Å². The van der Waals surface area contributed by atoms with Gasteiger partial charge in [-0.2, -0.15) is 8.78 Å². The predicted octanol–water partition coefficient (Wildman–Crippen LogP) is 6.40. The van der Waals surface area contributed by atoms with Crippen LogP contribution in [0.3, 0.4) is 0 Å². The molecule has 1 saturated heterocycles. The fraction of sp³-hybridized carbons (Fsp3) is 0.517. The largest absolute Gasteiger partial charge is 0.467 e.